The van der Waals surface area contributed by atoms with Crippen molar-refractivity contribution in [2.45, 2.75) is 44.9 Å². The summed E-state index contributed by atoms with van der Waals surface area (Å²) in [4.78, 5) is 4.33. The molecule has 0 saturated heterocycles. The first-order valence-electron chi connectivity index (χ1n) is 8.95. The second-order valence-electron chi connectivity index (χ2n) is 6.07. The third kappa shape index (κ3) is 5.87. The topological polar surface area (TPSA) is 45.6 Å². The fourth-order valence-corrected chi connectivity index (χ4v) is 3.19. The summed E-state index contributed by atoms with van der Waals surface area (Å²) in [6, 6.07) is 8.86. The molecule has 2 N–H and O–H groups in total. The van der Waals surface area contributed by atoms with E-state index in [0.717, 1.165) is 45.1 Å². The summed E-state index contributed by atoms with van der Waals surface area (Å²) in [6.07, 6.45) is 5.96. The molecule has 1 aliphatic rings. The monoisotopic (exact) mass is 317 g/mol. The van der Waals surface area contributed by atoms with Crippen molar-refractivity contribution in [1.29, 1.82) is 0 Å². The van der Waals surface area contributed by atoms with Gasteiger partial charge in [0, 0.05) is 39.3 Å². The molecule has 0 radical (unpaired) electrons. The number of ether oxygens (including phenoxy) is 1. The van der Waals surface area contributed by atoms with Crippen LogP contribution in [-0.2, 0) is 11.2 Å². The third-order valence-corrected chi connectivity index (χ3v) is 4.45. The van der Waals surface area contributed by atoms with Gasteiger partial charge in [0.2, 0.25) is 0 Å². The molecule has 0 saturated carbocycles. The molecule has 0 aliphatic heterocycles. The van der Waals surface area contributed by atoms with Gasteiger partial charge in [-0.1, -0.05) is 24.3 Å². The minimum atomic E-state index is 0.594. The largest absolute Gasteiger partial charge is 0.382 e. The highest BCUT2D eigenvalue weighted by Crippen LogP contribution is 2.30. The first kappa shape index (κ1) is 17.8. The Morgan fingerprint density at radius 1 is 1.26 bits per heavy atom. The lowest BCUT2D eigenvalue weighted by atomic mass is 9.83. The van der Waals surface area contributed by atoms with E-state index in [0.29, 0.717) is 5.92 Å². The zero-order valence-corrected chi connectivity index (χ0v) is 14.6. The van der Waals surface area contributed by atoms with Crippen molar-refractivity contribution < 1.29 is 4.74 Å². The number of nitrogens with one attached hydrogen (secondary N) is 2. The fraction of sp³-hybridized carbons (Fsp3) is 0.632. The van der Waals surface area contributed by atoms with Gasteiger partial charge in [0.15, 0.2) is 5.96 Å². The quantitative estimate of drug-likeness (QED) is 0.440. The number of fused-ring (bicyclic) bond motifs is 1. The van der Waals surface area contributed by atoms with Gasteiger partial charge in [-0.25, -0.2) is 0 Å². The normalized spacial score (nSPS) is 17.7. The molecule has 0 aromatic heterocycles. The maximum atomic E-state index is 5.35. The molecule has 1 unspecified atom stereocenters. The summed E-state index contributed by atoms with van der Waals surface area (Å²) in [5.74, 6) is 1.50. The van der Waals surface area contributed by atoms with Crippen molar-refractivity contribution in [3.8, 4) is 0 Å². The lowest BCUT2D eigenvalue weighted by Gasteiger charge is -2.26. The van der Waals surface area contributed by atoms with Crippen LogP contribution < -0.4 is 10.6 Å². The van der Waals surface area contributed by atoms with Crippen LogP contribution in [0.15, 0.2) is 29.3 Å². The van der Waals surface area contributed by atoms with Gasteiger partial charge >= 0.3 is 0 Å². The molecule has 128 valence electrons. The molecule has 1 atom stereocenters. The van der Waals surface area contributed by atoms with Crippen molar-refractivity contribution in [1.82, 2.24) is 10.6 Å². The van der Waals surface area contributed by atoms with Crippen LogP contribution in [0.5, 0.6) is 0 Å². The van der Waals surface area contributed by atoms with E-state index in [-0.39, 0.29) is 0 Å². The van der Waals surface area contributed by atoms with Gasteiger partial charge < -0.3 is 15.4 Å². The van der Waals surface area contributed by atoms with Crippen molar-refractivity contribution in [2.75, 3.05) is 33.4 Å². The molecule has 4 heteroatoms. The second kappa shape index (κ2) is 10.3. The van der Waals surface area contributed by atoms with Gasteiger partial charge in [0.25, 0.3) is 0 Å². The maximum absolute atomic E-state index is 5.35. The van der Waals surface area contributed by atoms with E-state index >= 15 is 0 Å². The standard InChI is InChI=1S/C19H31N3O/c1-3-23-14-7-6-13-21-19(20-2)22-15-17-11-8-10-16-9-4-5-12-18(16)17/h4-5,9,12,17H,3,6-8,10-11,13-15H2,1-2H3,(H2,20,21,22). The van der Waals surface area contributed by atoms with E-state index in [1.807, 2.05) is 14.0 Å². The van der Waals surface area contributed by atoms with Gasteiger partial charge in [-0.2, -0.15) is 0 Å². The van der Waals surface area contributed by atoms with Crippen molar-refractivity contribution >= 4 is 5.96 Å². The third-order valence-electron chi connectivity index (χ3n) is 4.45. The Morgan fingerprint density at radius 3 is 2.96 bits per heavy atom. The Kier molecular flexibility index (Phi) is 7.95. The van der Waals surface area contributed by atoms with Crippen LogP contribution in [0.1, 0.15) is 49.7 Å². The maximum Gasteiger partial charge on any atom is 0.190 e. The molecule has 0 heterocycles. The van der Waals surface area contributed by atoms with E-state index in [2.05, 4.69) is 39.9 Å². The van der Waals surface area contributed by atoms with E-state index in [1.54, 1.807) is 0 Å². The Bertz CT molecular complexity index is 487. The number of guanidine groups is 1. The Morgan fingerprint density at radius 2 is 2.13 bits per heavy atom. The van der Waals surface area contributed by atoms with Gasteiger partial charge in [0.05, 0.1) is 0 Å². The van der Waals surface area contributed by atoms with E-state index < -0.39 is 0 Å². The van der Waals surface area contributed by atoms with Gasteiger partial charge in [-0.05, 0) is 50.2 Å². The number of nitrogens with zero attached hydrogens (tertiary/aromatic N) is 1. The van der Waals surface area contributed by atoms with E-state index in [1.165, 1.54) is 30.4 Å². The van der Waals surface area contributed by atoms with Gasteiger partial charge in [-0.15, -0.1) is 0 Å². The molecule has 4 nitrogen and oxygen atoms in total. The molecule has 0 spiro atoms. The molecule has 0 fully saturated rings. The molecular weight excluding hydrogens is 286 g/mol. The minimum absolute atomic E-state index is 0.594. The summed E-state index contributed by atoms with van der Waals surface area (Å²) < 4.78 is 5.35. The summed E-state index contributed by atoms with van der Waals surface area (Å²) in [5, 5.41) is 6.88. The molecule has 2 rings (SSSR count). The predicted octanol–water partition coefficient (Wildman–Crippen LogP) is 3.09. The highest BCUT2D eigenvalue weighted by molar-refractivity contribution is 5.79. The van der Waals surface area contributed by atoms with Crippen LogP contribution in [0.3, 0.4) is 0 Å². The Labute approximate surface area is 140 Å². The van der Waals surface area contributed by atoms with Crippen molar-refractivity contribution in [2.24, 2.45) is 4.99 Å². The van der Waals surface area contributed by atoms with E-state index in [9.17, 15) is 0 Å². The average Bonchev–Trinajstić information content (AvgIpc) is 2.60. The lowest BCUT2D eigenvalue weighted by Crippen LogP contribution is -2.40. The fourth-order valence-electron chi connectivity index (χ4n) is 3.19. The molecule has 0 bridgehead atoms. The lowest BCUT2D eigenvalue weighted by molar-refractivity contribution is 0.143. The van der Waals surface area contributed by atoms with Crippen LogP contribution in [-0.4, -0.2) is 39.3 Å². The summed E-state index contributed by atoms with van der Waals surface area (Å²) in [5.41, 5.74) is 3.03. The Hall–Kier alpha value is -1.55. The molecule has 1 aliphatic carbocycles. The number of aliphatic imine (C=N–C) groups is 1. The molecule has 23 heavy (non-hydrogen) atoms. The van der Waals surface area contributed by atoms with E-state index in [4.69, 9.17) is 4.74 Å². The summed E-state index contributed by atoms with van der Waals surface area (Å²) >= 11 is 0. The molecule has 1 aromatic carbocycles. The second-order valence-corrected chi connectivity index (χ2v) is 6.07. The number of aryl methyl sites for hydroxylation is 1. The van der Waals surface area contributed by atoms with Gasteiger partial charge in [0.1, 0.15) is 0 Å². The average molecular weight is 317 g/mol. The zero-order chi connectivity index (χ0) is 16.3. The first-order chi connectivity index (χ1) is 11.3. The number of hydrogen-bond acceptors (Lipinski definition) is 2. The smallest absolute Gasteiger partial charge is 0.190 e. The summed E-state index contributed by atoms with van der Waals surface area (Å²) in [6.45, 7) is 5.58. The Balaban J connectivity index is 1.72. The highest BCUT2D eigenvalue weighted by Gasteiger charge is 2.19. The minimum Gasteiger partial charge on any atom is -0.382 e. The molecular formula is C19H31N3O. The van der Waals surface area contributed by atoms with Crippen LogP contribution in [0.4, 0.5) is 0 Å². The van der Waals surface area contributed by atoms with Crippen LogP contribution >= 0.6 is 0 Å². The predicted molar refractivity (Wildman–Crippen MR) is 97.2 cm³/mol. The van der Waals surface area contributed by atoms with Crippen molar-refractivity contribution in [3.05, 3.63) is 35.4 Å². The summed E-state index contributed by atoms with van der Waals surface area (Å²) in [7, 11) is 1.84. The SMILES string of the molecule is CCOCCCCNC(=NC)NCC1CCCc2ccccc21. The molecule has 0 amide bonds. The van der Waals surface area contributed by atoms with Crippen molar-refractivity contribution in [3.63, 3.8) is 0 Å². The van der Waals surface area contributed by atoms with Crippen LogP contribution in [0.25, 0.3) is 0 Å². The highest BCUT2D eigenvalue weighted by atomic mass is 16.5. The first-order valence-corrected chi connectivity index (χ1v) is 8.95. The molecule has 1 aromatic rings. The number of hydrogen-bond donors (Lipinski definition) is 2. The number of unbranched alkanes of at least 4 members (excludes halogenated alkanes) is 1. The zero-order valence-electron chi connectivity index (χ0n) is 14.6. The number of rotatable bonds is 8. The van der Waals surface area contributed by atoms with Crippen LogP contribution in [0.2, 0.25) is 0 Å². The van der Waals surface area contributed by atoms with Gasteiger partial charge in [-0.3, -0.25) is 4.99 Å². The number of benzene rings is 1. The van der Waals surface area contributed by atoms with Crippen LogP contribution in [0, 0.1) is 0 Å².